The second-order valence-corrected chi connectivity index (χ2v) is 14.5. The number of fused-ring (bicyclic) bond motifs is 1. The first-order valence-electron chi connectivity index (χ1n) is 16.6. The van der Waals surface area contributed by atoms with E-state index in [2.05, 4.69) is 21.4 Å². The van der Waals surface area contributed by atoms with Crippen LogP contribution in [0.2, 0.25) is 0 Å². The van der Waals surface area contributed by atoms with Gasteiger partial charge in [0, 0.05) is 54.9 Å². The van der Waals surface area contributed by atoms with Gasteiger partial charge in [0.1, 0.15) is 11.4 Å². The molecule has 1 aromatic carbocycles. The standard InChI is InChI=1S/C36H50FN5O3/c1-23(2)42(24(3)4)34(43)30-18-27(37)10-13-32(30)41-22-31(29-14-16-38-19-33(29)41)26-20-40(21-26)17-15-25-8-11-28(12-9-25)39-35(44)45-36(5,6)7/h10,13-14,16,18-19,22-26,28H,8-9,11-12,15,17,20-21H2,1-7H3,(H,39,44)/t25-,28-. The van der Waals surface area contributed by atoms with E-state index >= 15 is 0 Å². The maximum absolute atomic E-state index is 14.6. The third-order valence-corrected chi connectivity index (χ3v) is 9.25. The quantitative estimate of drug-likeness (QED) is 0.272. The molecule has 45 heavy (non-hydrogen) atoms. The SMILES string of the molecule is CC(C)N(C(=O)c1cc(F)ccc1-n1cc(C2CN(CC[C@H]3CC[C@H](NC(=O)OC(C)(C)C)CC3)C2)c2ccncc21)C(C)C. The van der Waals surface area contributed by atoms with Gasteiger partial charge in [-0.05, 0) is 123 Å². The third kappa shape index (κ3) is 7.68. The van der Waals surface area contributed by atoms with E-state index in [1.807, 2.05) is 71.5 Å². The number of ether oxygens (including phenoxy) is 1. The fraction of sp³-hybridized carbons (Fsp3) is 0.583. The summed E-state index contributed by atoms with van der Waals surface area (Å²) in [6, 6.07) is 6.72. The molecule has 0 atom stereocenters. The van der Waals surface area contributed by atoms with Crippen molar-refractivity contribution in [3.8, 4) is 5.69 Å². The highest BCUT2D eigenvalue weighted by Crippen LogP contribution is 2.37. The van der Waals surface area contributed by atoms with Crippen molar-refractivity contribution < 1.29 is 18.7 Å². The fourth-order valence-electron chi connectivity index (χ4n) is 7.10. The highest BCUT2D eigenvalue weighted by atomic mass is 19.1. The first-order valence-corrected chi connectivity index (χ1v) is 16.6. The van der Waals surface area contributed by atoms with E-state index in [0.29, 0.717) is 23.1 Å². The lowest BCUT2D eigenvalue weighted by Gasteiger charge is -2.40. The van der Waals surface area contributed by atoms with Crippen LogP contribution in [-0.4, -0.2) is 74.7 Å². The first kappa shape index (κ1) is 32.9. The Bertz CT molecular complexity index is 1490. The minimum Gasteiger partial charge on any atom is -0.444 e. The number of carbonyl (C=O) groups excluding carboxylic acids is 2. The minimum absolute atomic E-state index is 0.0165. The van der Waals surface area contributed by atoms with Crippen LogP contribution in [0.25, 0.3) is 16.6 Å². The van der Waals surface area contributed by atoms with Gasteiger partial charge in [-0.2, -0.15) is 0 Å². The average Bonchev–Trinajstić information content (AvgIpc) is 3.30. The molecule has 2 fully saturated rings. The second-order valence-electron chi connectivity index (χ2n) is 14.5. The molecule has 2 aromatic heterocycles. The van der Waals surface area contributed by atoms with E-state index in [9.17, 15) is 14.0 Å². The number of pyridine rings is 1. The molecule has 2 amide bonds. The average molecular weight is 620 g/mol. The molecule has 3 aromatic rings. The number of hydrogen-bond donors (Lipinski definition) is 1. The Morgan fingerprint density at radius 3 is 2.40 bits per heavy atom. The van der Waals surface area contributed by atoms with Crippen molar-refractivity contribution in [2.45, 2.75) is 110 Å². The van der Waals surface area contributed by atoms with E-state index in [4.69, 9.17) is 4.74 Å². The predicted molar refractivity (Wildman–Crippen MR) is 176 cm³/mol. The van der Waals surface area contributed by atoms with Gasteiger partial charge in [-0.1, -0.05) is 0 Å². The van der Waals surface area contributed by atoms with Gasteiger partial charge in [-0.3, -0.25) is 9.78 Å². The van der Waals surface area contributed by atoms with Crippen molar-refractivity contribution in [2.24, 2.45) is 5.92 Å². The summed E-state index contributed by atoms with van der Waals surface area (Å²) in [5, 5.41) is 4.17. The summed E-state index contributed by atoms with van der Waals surface area (Å²) in [6.45, 7) is 16.7. The lowest BCUT2D eigenvalue weighted by Crippen LogP contribution is -2.46. The van der Waals surface area contributed by atoms with Crippen molar-refractivity contribution in [3.63, 3.8) is 0 Å². The number of alkyl carbamates (subject to hydrolysis) is 1. The summed E-state index contributed by atoms with van der Waals surface area (Å²) >= 11 is 0. The molecule has 3 heterocycles. The summed E-state index contributed by atoms with van der Waals surface area (Å²) in [5.41, 5.74) is 2.71. The number of rotatable bonds is 9. The van der Waals surface area contributed by atoms with Crippen molar-refractivity contribution in [1.29, 1.82) is 0 Å². The molecule has 5 rings (SSSR count). The number of hydrogen-bond acceptors (Lipinski definition) is 5. The van der Waals surface area contributed by atoms with Crippen LogP contribution >= 0.6 is 0 Å². The fourth-order valence-corrected chi connectivity index (χ4v) is 7.10. The van der Waals surface area contributed by atoms with Gasteiger partial charge in [-0.25, -0.2) is 9.18 Å². The van der Waals surface area contributed by atoms with Gasteiger partial charge >= 0.3 is 6.09 Å². The largest absolute Gasteiger partial charge is 0.444 e. The number of carbonyl (C=O) groups is 2. The highest BCUT2D eigenvalue weighted by molar-refractivity contribution is 5.99. The molecule has 1 saturated carbocycles. The molecule has 0 bridgehead atoms. The van der Waals surface area contributed by atoms with E-state index in [1.165, 1.54) is 24.1 Å². The number of nitrogens with zero attached hydrogens (tertiary/aromatic N) is 4. The van der Waals surface area contributed by atoms with Crippen LogP contribution in [0.1, 0.15) is 102 Å². The molecule has 9 heteroatoms. The topological polar surface area (TPSA) is 79.7 Å². The zero-order valence-corrected chi connectivity index (χ0v) is 28.0. The molecule has 2 aliphatic rings. The van der Waals surface area contributed by atoms with Gasteiger partial charge < -0.3 is 24.4 Å². The molecule has 8 nitrogen and oxygen atoms in total. The van der Waals surface area contributed by atoms with Crippen LogP contribution in [-0.2, 0) is 4.74 Å². The highest BCUT2D eigenvalue weighted by Gasteiger charge is 2.33. The van der Waals surface area contributed by atoms with Crippen LogP contribution in [0.4, 0.5) is 9.18 Å². The minimum atomic E-state index is -0.478. The summed E-state index contributed by atoms with van der Waals surface area (Å²) in [5.74, 6) is 0.463. The number of nitrogens with one attached hydrogen (secondary N) is 1. The van der Waals surface area contributed by atoms with Crippen molar-refractivity contribution in [1.82, 2.24) is 24.7 Å². The Kier molecular flexibility index (Phi) is 9.87. The maximum atomic E-state index is 14.6. The molecule has 1 aliphatic heterocycles. The third-order valence-electron chi connectivity index (χ3n) is 9.25. The molecule has 1 saturated heterocycles. The van der Waals surface area contributed by atoms with E-state index in [0.717, 1.165) is 56.2 Å². The van der Waals surface area contributed by atoms with Crippen LogP contribution in [0.3, 0.4) is 0 Å². The van der Waals surface area contributed by atoms with E-state index < -0.39 is 11.4 Å². The van der Waals surface area contributed by atoms with E-state index in [-0.39, 0.29) is 30.1 Å². The molecular weight excluding hydrogens is 569 g/mol. The Morgan fingerprint density at radius 1 is 1.07 bits per heavy atom. The Morgan fingerprint density at radius 2 is 1.76 bits per heavy atom. The molecule has 244 valence electrons. The summed E-state index contributed by atoms with van der Waals surface area (Å²) < 4.78 is 22.0. The number of aromatic nitrogens is 2. The normalized spacial score (nSPS) is 19.6. The van der Waals surface area contributed by atoms with Gasteiger partial charge in [0.15, 0.2) is 0 Å². The van der Waals surface area contributed by atoms with Crippen molar-refractivity contribution >= 4 is 22.9 Å². The smallest absolute Gasteiger partial charge is 0.407 e. The van der Waals surface area contributed by atoms with E-state index in [1.54, 1.807) is 11.0 Å². The number of halogens is 1. The molecule has 0 unspecified atom stereocenters. The van der Waals surface area contributed by atoms with Crippen LogP contribution in [0, 0.1) is 11.7 Å². The van der Waals surface area contributed by atoms with Gasteiger partial charge in [0.2, 0.25) is 0 Å². The summed E-state index contributed by atoms with van der Waals surface area (Å²) in [7, 11) is 0. The molecular formula is C36H50FN5O3. The Hall–Kier alpha value is -3.46. The lowest BCUT2D eigenvalue weighted by molar-refractivity contribution is 0.0484. The zero-order valence-electron chi connectivity index (χ0n) is 28.0. The van der Waals surface area contributed by atoms with Gasteiger partial charge in [-0.15, -0.1) is 0 Å². The van der Waals surface area contributed by atoms with Crippen molar-refractivity contribution in [3.05, 3.63) is 59.8 Å². The van der Waals surface area contributed by atoms with Crippen LogP contribution in [0.5, 0.6) is 0 Å². The zero-order chi connectivity index (χ0) is 32.5. The molecule has 0 radical (unpaired) electrons. The van der Waals surface area contributed by atoms with Crippen LogP contribution < -0.4 is 5.32 Å². The number of likely N-dealkylation sites (tertiary alicyclic amines) is 1. The summed E-state index contributed by atoms with van der Waals surface area (Å²) in [4.78, 5) is 34.6. The maximum Gasteiger partial charge on any atom is 0.407 e. The second kappa shape index (κ2) is 13.5. The Balaban J connectivity index is 1.23. The lowest BCUT2D eigenvalue weighted by atomic mass is 9.83. The van der Waals surface area contributed by atoms with Crippen molar-refractivity contribution in [2.75, 3.05) is 19.6 Å². The summed E-state index contributed by atoms with van der Waals surface area (Å²) in [6.07, 6.45) is 10.9. The number of amides is 2. The molecule has 1 aliphatic carbocycles. The van der Waals surface area contributed by atoms with Gasteiger partial charge in [0.05, 0.1) is 23.0 Å². The molecule has 1 N–H and O–H groups in total. The number of benzene rings is 1. The Labute approximate surface area is 267 Å². The van der Waals surface area contributed by atoms with Gasteiger partial charge in [0.25, 0.3) is 5.91 Å². The van der Waals surface area contributed by atoms with Crippen LogP contribution in [0.15, 0.2) is 42.9 Å². The molecule has 0 spiro atoms. The first-order chi connectivity index (χ1) is 21.3. The monoisotopic (exact) mass is 619 g/mol. The predicted octanol–water partition coefficient (Wildman–Crippen LogP) is 7.30.